The fourth-order valence-electron chi connectivity index (χ4n) is 3.80. The van der Waals surface area contributed by atoms with Gasteiger partial charge < -0.3 is 14.8 Å². The quantitative estimate of drug-likeness (QED) is 0.415. The number of fused-ring (bicyclic) bond motifs is 2. The van der Waals surface area contributed by atoms with Gasteiger partial charge in [-0.25, -0.2) is 4.99 Å². The van der Waals surface area contributed by atoms with E-state index in [9.17, 15) is 4.79 Å². The van der Waals surface area contributed by atoms with Crippen molar-refractivity contribution in [1.82, 2.24) is 10.3 Å². The summed E-state index contributed by atoms with van der Waals surface area (Å²) in [7, 11) is 0. The Labute approximate surface area is 194 Å². The Morgan fingerprint density at radius 1 is 0.970 bits per heavy atom. The number of aromatic nitrogens is 1. The smallest absolute Gasteiger partial charge is 0.264 e. The third-order valence-corrected chi connectivity index (χ3v) is 6.30. The Kier molecular flexibility index (Phi) is 4.81. The number of amidine groups is 1. The number of aliphatic imine (C=N–C) groups is 1. The van der Waals surface area contributed by atoms with Crippen molar-refractivity contribution in [2.75, 3.05) is 6.79 Å². The van der Waals surface area contributed by atoms with Crippen LogP contribution in [-0.2, 0) is 4.79 Å². The normalized spacial score (nSPS) is 17.2. The van der Waals surface area contributed by atoms with Crippen molar-refractivity contribution in [2.45, 2.75) is 0 Å². The molecule has 1 aromatic heterocycles. The van der Waals surface area contributed by atoms with E-state index >= 15 is 0 Å². The van der Waals surface area contributed by atoms with Crippen molar-refractivity contribution in [3.63, 3.8) is 0 Å². The van der Waals surface area contributed by atoms with E-state index in [4.69, 9.17) is 14.5 Å². The molecule has 2 aliphatic heterocycles. The molecule has 1 amide bonds. The number of ether oxygens (including phenoxy) is 2. The number of pyridine rings is 1. The number of hydrogen-bond donors (Lipinski definition) is 1. The van der Waals surface area contributed by atoms with E-state index in [0.29, 0.717) is 15.8 Å². The van der Waals surface area contributed by atoms with Crippen molar-refractivity contribution >= 4 is 45.5 Å². The van der Waals surface area contributed by atoms with Gasteiger partial charge in [-0.1, -0.05) is 36.4 Å². The first-order chi connectivity index (χ1) is 16.2. The van der Waals surface area contributed by atoms with Crippen LogP contribution in [-0.4, -0.2) is 22.9 Å². The standard InChI is InChI=1S/C26H17N3O3S/c30-25-24(13-16-7-9-20-18(12-16)4-3-11-27-20)33-26(29-25)28-21-6-2-1-5-19(21)17-8-10-22-23(14-17)32-15-31-22/h1-14H,15H2,(H,28,29,30)/b24-13+. The molecule has 4 aromatic rings. The molecule has 1 saturated heterocycles. The van der Waals surface area contributed by atoms with Crippen LogP contribution in [0.15, 0.2) is 88.9 Å². The van der Waals surface area contributed by atoms with E-state index in [1.54, 1.807) is 6.20 Å². The Hall–Kier alpha value is -4.10. The number of amides is 1. The van der Waals surface area contributed by atoms with Gasteiger partial charge in [0.2, 0.25) is 6.79 Å². The fourth-order valence-corrected chi connectivity index (χ4v) is 4.64. The number of hydrogen-bond acceptors (Lipinski definition) is 6. The summed E-state index contributed by atoms with van der Waals surface area (Å²) >= 11 is 1.33. The largest absolute Gasteiger partial charge is 0.454 e. The van der Waals surface area contributed by atoms with Crippen LogP contribution in [0.5, 0.6) is 11.5 Å². The summed E-state index contributed by atoms with van der Waals surface area (Å²) in [6.07, 6.45) is 3.64. The molecule has 6 rings (SSSR count). The maximum Gasteiger partial charge on any atom is 0.264 e. The SMILES string of the molecule is O=C1NC(=Nc2ccccc2-c2ccc3c(c2)OCO3)S/C1=C/c1ccc2ncccc2c1. The zero-order valence-electron chi connectivity index (χ0n) is 17.3. The van der Waals surface area contributed by atoms with E-state index in [2.05, 4.69) is 10.3 Å². The highest BCUT2D eigenvalue weighted by atomic mass is 32.2. The molecule has 0 spiro atoms. The molecule has 160 valence electrons. The minimum Gasteiger partial charge on any atom is -0.454 e. The average molecular weight is 452 g/mol. The van der Waals surface area contributed by atoms with Crippen LogP contribution in [0, 0.1) is 0 Å². The fraction of sp³-hybridized carbons (Fsp3) is 0.0385. The van der Waals surface area contributed by atoms with E-state index in [0.717, 1.165) is 39.0 Å². The zero-order chi connectivity index (χ0) is 22.2. The molecule has 7 heteroatoms. The summed E-state index contributed by atoms with van der Waals surface area (Å²) in [5, 5.41) is 4.45. The molecule has 0 unspecified atom stereocenters. The van der Waals surface area contributed by atoms with Gasteiger partial charge in [-0.05, 0) is 65.4 Å². The van der Waals surface area contributed by atoms with Crippen LogP contribution in [0.1, 0.15) is 5.56 Å². The van der Waals surface area contributed by atoms with Crippen LogP contribution in [0.25, 0.3) is 28.1 Å². The lowest BCUT2D eigenvalue weighted by molar-refractivity contribution is -0.115. The zero-order valence-corrected chi connectivity index (χ0v) is 18.1. The van der Waals surface area contributed by atoms with Gasteiger partial charge in [0, 0.05) is 17.1 Å². The second-order valence-electron chi connectivity index (χ2n) is 7.52. The van der Waals surface area contributed by atoms with Crippen molar-refractivity contribution in [1.29, 1.82) is 0 Å². The van der Waals surface area contributed by atoms with Crippen LogP contribution in [0.3, 0.4) is 0 Å². The minimum atomic E-state index is -0.161. The molecular formula is C26H17N3O3S. The van der Waals surface area contributed by atoms with E-state index < -0.39 is 0 Å². The highest BCUT2D eigenvalue weighted by molar-refractivity contribution is 8.18. The predicted molar refractivity (Wildman–Crippen MR) is 131 cm³/mol. The molecule has 33 heavy (non-hydrogen) atoms. The number of nitrogens with one attached hydrogen (secondary N) is 1. The van der Waals surface area contributed by atoms with Crippen molar-refractivity contribution in [2.24, 2.45) is 4.99 Å². The maximum absolute atomic E-state index is 12.6. The Balaban J connectivity index is 1.30. The maximum atomic E-state index is 12.6. The number of carbonyl (C=O) groups excluding carboxylic acids is 1. The number of benzene rings is 3. The second kappa shape index (κ2) is 8.11. The van der Waals surface area contributed by atoms with Crippen LogP contribution >= 0.6 is 11.8 Å². The Morgan fingerprint density at radius 3 is 2.85 bits per heavy atom. The molecule has 3 aromatic carbocycles. The van der Waals surface area contributed by atoms with E-state index in [1.807, 2.05) is 78.9 Å². The van der Waals surface area contributed by atoms with Gasteiger partial charge >= 0.3 is 0 Å². The third kappa shape index (κ3) is 3.83. The van der Waals surface area contributed by atoms with Crippen molar-refractivity contribution < 1.29 is 14.3 Å². The van der Waals surface area contributed by atoms with Crippen molar-refractivity contribution in [3.05, 3.63) is 89.5 Å². The third-order valence-electron chi connectivity index (χ3n) is 5.39. The van der Waals surface area contributed by atoms with E-state index in [-0.39, 0.29) is 12.7 Å². The first-order valence-electron chi connectivity index (χ1n) is 10.4. The molecule has 1 fully saturated rings. The predicted octanol–water partition coefficient (Wildman–Crippen LogP) is 5.52. The first-order valence-corrected chi connectivity index (χ1v) is 11.2. The Morgan fingerprint density at radius 2 is 1.88 bits per heavy atom. The lowest BCUT2D eigenvalue weighted by Gasteiger charge is -2.07. The second-order valence-corrected chi connectivity index (χ2v) is 8.55. The van der Waals surface area contributed by atoms with Crippen LogP contribution in [0.2, 0.25) is 0 Å². The van der Waals surface area contributed by atoms with Gasteiger partial charge in [0.15, 0.2) is 16.7 Å². The van der Waals surface area contributed by atoms with Gasteiger partial charge in [-0.2, -0.15) is 0 Å². The minimum absolute atomic E-state index is 0.161. The molecule has 0 bridgehead atoms. The number of para-hydroxylation sites is 1. The molecule has 0 saturated carbocycles. The molecular weight excluding hydrogens is 434 g/mol. The number of carbonyl (C=O) groups is 1. The topological polar surface area (TPSA) is 72.8 Å². The lowest BCUT2D eigenvalue weighted by atomic mass is 10.0. The molecule has 3 heterocycles. The number of nitrogens with zero attached hydrogens (tertiary/aromatic N) is 2. The average Bonchev–Trinajstić information content (AvgIpc) is 3.45. The first kappa shape index (κ1) is 19.6. The summed E-state index contributed by atoms with van der Waals surface area (Å²) in [6.45, 7) is 0.230. The number of rotatable bonds is 3. The summed E-state index contributed by atoms with van der Waals surface area (Å²) in [4.78, 5) is 22.3. The van der Waals surface area contributed by atoms with E-state index in [1.165, 1.54) is 11.8 Å². The van der Waals surface area contributed by atoms with Crippen LogP contribution < -0.4 is 14.8 Å². The summed E-state index contributed by atoms with van der Waals surface area (Å²) in [5.41, 5.74) is 4.53. The summed E-state index contributed by atoms with van der Waals surface area (Å²) < 4.78 is 10.9. The molecule has 0 aliphatic carbocycles. The van der Waals surface area contributed by atoms with Crippen molar-refractivity contribution in [3.8, 4) is 22.6 Å². The lowest BCUT2D eigenvalue weighted by Crippen LogP contribution is -2.19. The highest BCUT2D eigenvalue weighted by Gasteiger charge is 2.24. The van der Waals surface area contributed by atoms with Crippen LogP contribution in [0.4, 0.5) is 5.69 Å². The molecule has 0 atom stereocenters. The Bertz CT molecular complexity index is 1480. The van der Waals surface area contributed by atoms with Gasteiger partial charge in [-0.15, -0.1) is 0 Å². The highest BCUT2D eigenvalue weighted by Crippen LogP contribution is 2.39. The molecule has 1 N–H and O–H groups in total. The van der Waals surface area contributed by atoms with Gasteiger partial charge in [0.1, 0.15) is 0 Å². The summed E-state index contributed by atoms with van der Waals surface area (Å²) in [6, 6.07) is 23.5. The van der Waals surface area contributed by atoms with Gasteiger partial charge in [0.25, 0.3) is 5.91 Å². The molecule has 0 radical (unpaired) electrons. The monoisotopic (exact) mass is 451 g/mol. The molecule has 2 aliphatic rings. The van der Waals surface area contributed by atoms with Gasteiger partial charge in [0.05, 0.1) is 16.1 Å². The summed E-state index contributed by atoms with van der Waals surface area (Å²) in [5.74, 6) is 1.29. The number of thioether (sulfide) groups is 1. The van der Waals surface area contributed by atoms with Gasteiger partial charge in [-0.3, -0.25) is 9.78 Å². The molecule has 6 nitrogen and oxygen atoms in total.